The first kappa shape index (κ1) is 15.0. The number of rotatable bonds is 3. The van der Waals surface area contributed by atoms with Gasteiger partial charge in [-0.25, -0.2) is 4.39 Å². The number of nitrogens with one attached hydrogen (secondary N) is 1. The summed E-state index contributed by atoms with van der Waals surface area (Å²) in [4.78, 5) is 11.9. The topological polar surface area (TPSA) is 38.3 Å². The average Bonchev–Trinajstić information content (AvgIpc) is 2.55. The molecule has 1 amide bonds. The predicted octanol–water partition coefficient (Wildman–Crippen LogP) is 4.18. The van der Waals surface area contributed by atoms with E-state index in [1.54, 1.807) is 6.08 Å². The van der Waals surface area contributed by atoms with Crippen LogP contribution in [0.4, 0.5) is 10.1 Å². The minimum atomic E-state index is -0.337. The molecule has 0 saturated heterocycles. The molecular weight excluding hydrogens is 293 g/mol. The molecule has 1 N–H and O–H groups in total. The van der Waals surface area contributed by atoms with Crippen LogP contribution in [0.3, 0.4) is 0 Å². The summed E-state index contributed by atoms with van der Waals surface area (Å²) in [6, 6.07) is 13.4. The van der Waals surface area contributed by atoms with Crippen LogP contribution in [0, 0.1) is 5.82 Å². The van der Waals surface area contributed by atoms with E-state index in [4.69, 9.17) is 4.74 Å². The van der Waals surface area contributed by atoms with Gasteiger partial charge >= 0.3 is 0 Å². The first-order valence-electron chi connectivity index (χ1n) is 7.34. The Balaban J connectivity index is 1.71. The zero-order valence-electron chi connectivity index (χ0n) is 12.6. The number of hydrogen-bond donors (Lipinski definition) is 1. The van der Waals surface area contributed by atoms with Crippen molar-refractivity contribution in [1.29, 1.82) is 0 Å². The molecule has 1 atom stereocenters. The van der Waals surface area contributed by atoms with Crippen LogP contribution in [0.25, 0.3) is 6.08 Å². The maximum Gasteiger partial charge on any atom is 0.248 e. The fourth-order valence-electron chi connectivity index (χ4n) is 2.34. The molecule has 0 bridgehead atoms. The third-order valence-electron chi connectivity index (χ3n) is 3.55. The molecule has 3 nitrogen and oxygen atoms in total. The molecule has 3 rings (SSSR count). The van der Waals surface area contributed by atoms with Gasteiger partial charge in [-0.05, 0) is 55.0 Å². The Morgan fingerprint density at radius 1 is 1.17 bits per heavy atom. The maximum atomic E-state index is 12.8. The van der Waals surface area contributed by atoms with E-state index in [1.165, 1.54) is 30.3 Å². The molecule has 0 saturated carbocycles. The number of hydrogen-bond acceptors (Lipinski definition) is 2. The molecule has 116 valence electrons. The number of ether oxygens (including phenoxy) is 1. The van der Waals surface area contributed by atoms with Crippen LogP contribution in [-0.4, -0.2) is 12.0 Å². The van der Waals surface area contributed by atoms with Crippen LogP contribution >= 0.6 is 0 Å². The number of para-hydroxylation sites is 1. The van der Waals surface area contributed by atoms with E-state index in [2.05, 4.69) is 5.32 Å². The van der Waals surface area contributed by atoms with Crippen molar-refractivity contribution in [3.05, 3.63) is 77.6 Å². The van der Waals surface area contributed by atoms with E-state index in [0.717, 1.165) is 16.9 Å². The molecule has 0 spiro atoms. The zero-order chi connectivity index (χ0) is 16.2. The summed E-state index contributed by atoms with van der Waals surface area (Å²) in [6.07, 6.45) is 5.06. The maximum absolute atomic E-state index is 12.8. The summed E-state index contributed by atoms with van der Waals surface area (Å²) in [5.41, 5.74) is 2.45. The highest BCUT2D eigenvalue weighted by molar-refractivity contribution is 5.99. The first-order valence-corrected chi connectivity index (χ1v) is 7.34. The molecule has 1 unspecified atom stereocenters. The lowest BCUT2D eigenvalue weighted by molar-refractivity contribution is -0.111. The standard InChI is InChI=1S/C19H16FNO2/c1-13-14(12-15-4-2-3-5-18(15)23-13)6-11-19(22)21-17-9-7-16(20)8-10-17/h2-13H,1H3,(H,21,22)/b11-6+. The van der Waals surface area contributed by atoms with Gasteiger partial charge in [0.15, 0.2) is 0 Å². The van der Waals surface area contributed by atoms with Crippen molar-refractivity contribution >= 4 is 17.7 Å². The van der Waals surface area contributed by atoms with E-state index < -0.39 is 0 Å². The lowest BCUT2D eigenvalue weighted by atomic mass is 10.0. The van der Waals surface area contributed by atoms with Crippen molar-refractivity contribution in [1.82, 2.24) is 0 Å². The molecule has 0 radical (unpaired) electrons. The smallest absolute Gasteiger partial charge is 0.248 e. The Labute approximate surface area is 134 Å². The number of fused-ring (bicyclic) bond motifs is 1. The number of amides is 1. The molecule has 1 heterocycles. The highest BCUT2D eigenvalue weighted by atomic mass is 19.1. The monoisotopic (exact) mass is 309 g/mol. The SMILES string of the molecule is CC1Oc2ccccc2C=C1/C=C/C(=O)Nc1ccc(F)cc1. The molecular formula is C19H16FNO2. The van der Waals surface area contributed by atoms with E-state index in [-0.39, 0.29) is 17.8 Å². The van der Waals surface area contributed by atoms with Crippen LogP contribution in [0.1, 0.15) is 12.5 Å². The van der Waals surface area contributed by atoms with Gasteiger partial charge in [0.05, 0.1) is 0 Å². The fraction of sp³-hybridized carbons (Fsp3) is 0.105. The highest BCUT2D eigenvalue weighted by Crippen LogP contribution is 2.29. The number of benzene rings is 2. The molecule has 0 aliphatic carbocycles. The van der Waals surface area contributed by atoms with E-state index in [1.807, 2.05) is 37.3 Å². The van der Waals surface area contributed by atoms with Crippen molar-refractivity contribution in [2.24, 2.45) is 0 Å². The molecule has 2 aromatic carbocycles. The highest BCUT2D eigenvalue weighted by Gasteiger charge is 2.16. The van der Waals surface area contributed by atoms with Crippen molar-refractivity contribution < 1.29 is 13.9 Å². The fourth-order valence-corrected chi connectivity index (χ4v) is 2.34. The third-order valence-corrected chi connectivity index (χ3v) is 3.55. The van der Waals surface area contributed by atoms with Crippen molar-refractivity contribution in [3.63, 3.8) is 0 Å². The van der Waals surface area contributed by atoms with Crippen molar-refractivity contribution in [3.8, 4) is 5.75 Å². The van der Waals surface area contributed by atoms with Gasteiger partial charge < -0.3 is 10.1 Å². The molecule has 4 heteroatoms. The van der Waals surface area contributed by atoms with Gasteiger partial charge in [-0.3, -0.25) is 4.79 Å². The molecule has 1 aliphatic heterocycles. The number of halogens is 1. The molecule has 23 heavy (non-hydrogen) atoms. The van der Waals surface area contributed by atoms with Crippen LogP contribution in [-0.2, 0) is 4.79 Å². The van der Waals surface area contributed by atoms with E-state index in [9.17, 15) is 9.18 Å². The second-order valence-corrected chi connectivity index (χ2v) is 5.27. The zero-order valence-corrected chi connectivity index (χ0v) is 12.6. The van der Waals surface area contributed by atoms with Gasteiger partial charge in [-0.1, -0.05) is 18.2 Å². The average molecular weight is 309 g/mol. The van der Waals surface area contributed by atoms with Gasteiger partial charge in [0.1, 0.15) is 17.7 Å². The van der Waals surface area contributed by atoms with E-state index >= 15 is 0 Å². The van der Waals surface area contributed by atoms with Crippen LogP contribution in [0.15, 0.2) is 66.3 Å². The summed E-state index contributed by atoms with van der Waals surface area (Å²) in [7, 11) is 0. The van der Waals surface area contributed by atoms with Gasteiger partial charge in [0, 0.05) is 17.3 Å². The molecule has 0 aromatic heterocycles. The number of carbonyl (C=O) groups excluding carboxylic acids is 1. The third kappa shape index (κ3) is 3.66. The summed E-state index contributed by atoms with van der Waals surface area (Å²) in [5.74, 6) is 0.229. The predicted molar refractivity (Wildman–Crippen MR) is 88.7 cm³/mol. The minimum absolute atomic E-state index is 0.125. The van der Waals surface area contributed by atoms with Gasteiger partial charge in [-0.15, -0.1) is 0 Å². The Morgan fingerprint density at radius 3 is 2.70 bits per heavy atom. The Kier molecular flexibility index (Phi) is 4.24. The molecule has 2 aromatic rings. The van der Waals surface area contributed by atoms with Gasteiger partial charge in [0.25, 0.3) is 0 Å². The van der Waals surface area contributed by atoms with E-state index in [0.29, 0.717) is 5.69 Å². The van der Waals surface area contributed by atoms with Crippen LogP contribution in [0.5, 0.6) is 5.75 Å². The lowest BCUT2D eigenvalue weighted by Crippen LogP contribution is -2.18. The quantitative estimate of drug-likeness (QED) is 0.864. The van der Waals surface area contributed by atoms with Crippen molar-refractivity contribution in [2.45, 2.75) is 13.0 Å². The summed E-state index contributed by atoms with van der Waals surface area (Å²) in [5, 5.41) is 2.68. The van der Waals surface area contributed by atoms with Gasteiger partial charge in [-0.2, -0.15) is 0 Å². The molecule has 0 fully saturated rings. The van der Waals surface area contributed by atoms with Crippen molar-refractivity contribution in [2.75, 3.05) is 5.32 Å². The first-order chi connectivity index (χ1) is 11.1. The Hall–Kier alpha value is -2.88. The van der Waals surface area contributed by atoms with Crippen LogP contribution in [0.2, 0.25) is 0 Å². The minimum Gasteiger partial charge on any atom is -0.485 e. The second kappa shape index (κ2) is 6.48. The second-order valence-electron chi connectivity index (χ2n) is 5.27. The summed E-state index contributed by atoms with van der Waals surface area (Å²) in [6.45, 7) is 1.93. The molecule has 1 aliphatic rings. The normalized spacial score (nSPS) is 16.4. The lowest BCUT2D eigenvalue weighted by Gasteiger charge is -2.22. The Morgan fingerprint density at radius 2 is 1.91 bits per heavy atom. The summed E-state index contributed by atoms with van der Waals surface area (Å²) < 4.78 is 18.6. The largest absolute Gasteiger partial charge is 0.485 e. The van der Waals surface area contributed by atoms with Gasteiger partial charge in [0.2, 0.25) is 5.91 Å². The van der Waals surface area contributed by atoms with Crippen LogP contribution < -0.4 is 10.1 Å². The number of anilines is 1. The number of carbonyl (C=O) groups is 1. The summed E-state index contributed by atoms with van der Waals surface area (Å²) >= 11 is 0. The Bertz CT molecular complexity index is 778.